The molecule has 0 aromatic heterocycles. The molecule has 104 valence electrons. The highest BCUT2D eigenvalue weighted by molar-refractivity contribution is 9.10. The Labute approximate surface area is 126 Å². The molecule has 1 heterocycles. The molecule has 0 aliphatic carbocycles. The summed E-state index contributed by atoms with van der Waals surface area (Å²) < 4.78 is 6.12. The number of amides is 1. The minimum Gasteiger partial charge on any atom is -0.479 e. The van der Waals surface area contributed by atoms with Crippen LogP contribution in [0.4, 0.5) is 0 Å². The van der Waals surface area contributed by atoms with Gasteiger partial charge in [-0.25, -0.2) is 0 Å². The van der Waals surface area contributed by atoms with E-state index in [0.29, 0.717) is 18.7 Å². The smallest absolute Gasteiger partial charge is 0.227 e. The topological polar surface area (TPSA) is 53.3 Å². The lowest BCUT2D eigenvalue weighted by Crippen LogP contribution is -2.31. The molecular weight excluding hydrogens is 320 g/mol. The maximum absolute atomic E-state index is 11.9. The highest BCUT2D eigenvalue weighted by atomic mass is 79.9. The summed E-state index contributed by atoms with van der Waals surface area (Å²) in [5.41, 5.74) is 1.90. The van der Waals surface area contributed by atoms with Gasteiger partial charge in [-0.3, -0.25) is 4.79 Å². The third-order valence-electron chi connectivity index (χ3n) is 3.12. The van der Waals surface area contributed by atoms with Crippen LogP contribution < -0.4 is 4.74 Å². The summed E-state index contributed by atoms with van der Waals surface area (Å²) >= 11 is 3.51. The molecule has 0 unspecified atom stereocenters. The summed E-state index contributed by atoms with van der Waals surface area (Å²) in [7, 11) is 0. The molecule has 1 aromatic rings. The van der Waals surface area contributed by atoms with Crippen LogP contribution in [0, 0.1) is 11.3 Å². The Balaban J connectivity index is 2.31. The molecule has 0 N–H and O–H groups in total. The van der Waals surface area contributed by atoms with Crippen LogP contribution in [-0.4, -0.2) is 24.0 Å². The van der Waals surface area contributed by atoms with Gasteiger partial charge in [0, 0.05) is 28.7 Å². The molecular formula is C15H15BrN2O2. The second-order valence-electron chi connectivity index (χ2n) is 4.35. The van der Waals surface area contributed by atoms with Crippen LogP contribution in [0.2, 0.25) is 0 Å². The van der Waals surface area contributed by atoms with Gasteiger partial charge in [0.05, 0.1) is 0 Å². The van der Waals surface area contributed by atoms with Crippen molar-refractivity contribution < 1.29 is 9.53 Å². The zero-order valence-corrected chi connectivity index (χ0v) is 12.8. The molecule has 20 heavy (non-hydrogen) atoms. The van der Waals surface area contributed by atoms with E-state index >= 15 is 0 Å². The van der Waals surface area contributed by atoms with Crippen LogP contribution in [0.5, 0.6) is 5.75 Å². The Morgan fingerprint density at radius 2 is 2.30 bits per heavy atom. The molecule has 0 saturated heterocycles. The number of carbonyl (C=O) groups is 1. The number of carbonyl (C=O) groups excluding carboxylic acids is 1. The summed E-state index contributed by atoms with van der Waals surface area (Å²) in [6, 6.07) is 7.47. The number of hydrogen-bond acceptors (Lipinski definition) is 3. The van der Waals surface area contributed by atoms with E-state index in [0.717, 1.165) is 22.2 Å². The number of ether oxygens (including phenoxy) is 1. The molecule has 0 fully saturated rings. The quantitative estimate of drug-likeness (QED) is 0.848. The Morgan fingerprint density at radius 3 is 2.95 bits per heavy atom. The van der Waals surface area contributed by atoms with Crippen LogP contribution in [0.3, 0.4) is 0 Å². The fourth-order valence-electron chi connectivity index (χ4n) is 2.22. The Kier molecular flexibility index (Phi) is 4.80. The SMILES string of the molecule is CCN1C(=O)CCC=C1c1ccc(OCC#N)cc1Br. The predicted molar refractivity (Wildman–Crippen MR) is 79.8 cm³/mol. The first-order chi connectivity index (χ1) is 9.67. The summed E-state index contributed by atoms with van der Waals surface area (Å²) in [5.74, 6) is 0.787. The van der Waals surface area contributed by atoms with Crippen molar-refractivity contribution in [2.75, 3.05) is 13.2 Å². The van der Waals surface area contributed by atoms with E-state index in [1.807, 2.05) is 31.2 Å². The summed E-state index contributed by atoms with van der Waals surface area (Å²) in [5, 5.41) is 8.51. The molecule has 4 nitrogen and oxygen atoms in total. The number of nitrogens with zero attached hydrogens (tertiary/aromatic N) is 2. The van der Waals surface area contributed by atoms with Crippen molar-refractivity contribution in [1.82, 2.24) is 4.90 Å². The number of nitriles is 1. The molecule has 2 rings (SSSR count). The largest absolute Gasteiger partial charge is 0.479 e. The van der Waals surface area contributed by atoms with Crippen LogP contribution in [-0.2, 0) is 4.79 Å². The van der Waals surface area contributed by atoms with Crippen LogP contribution >= 0.6 is 15.9 Å². The van der Waals surface area contributed by atoms with Crippen molar-refractivity contribution in [1.29, 1.82) is 5.26 Å². The highest BCUT2D eigenvalue weighted by Gasteiger charge is 2.22. The lowest BCUT2D eigenvalue weighted by atomic mass is 10.0. The Morgan fingerprint density at radius 1 is 1.50 bits per heavy atom. The van der Waals surface area contributed by atoms with Gasteiger partial charge in [0.25, 0.3) is 0 Å². The third-order valence-corrected chi connectivity index (χ3v) is 3.78. The number of halogens is 1. The first kappa shape index (κ1) is 14.6. The second-order valence-corrected chi connectivity index (χ2v) is 5.21. The summed E-state index contributed by atoms with van der Waals surface area (Å²) in [4.78, 5) is 13.7. The van der Waals surface area contributed by atoms with E-state index < -0.39 is 0 Å². The number of hydrogen-bond donors (Lipinski definition) is 0. The molecule has 1 aliphatic rings. The molecule has 5 heteroatoms. The average molecular weight is 335 g/mol. The van der Waals surface area contributed by atoms with Crippen LogP contribution in [0.1, 0.15) is 25.3 Å². The van der Waals surface area contributed by atoms with E-state index in [9.17, 15) is 4.79 Å². The van der Waals surface area contributed by atoms with E-state index in [-0.39, 0.29) is 12.5 Å². The Bertz CT molecular complexity index is 590. The molecule has 0 bridgehead atoms. The number of allylic oxidation sites excluding steroid dienone is 1. The third kappa shape index (κ3) is 3.02. The molecule has 1 aromatic carbocycles. The van der Waals surface area contributed by atoms with Gasteiger partial charge in [0.2, 0.25) is 5.91 Å². The zero-order valence-electron chi connectivity index (χ0n) is 11.2. The molecule has 0 atom stereocenters. The normalized spacial score (nSPS) is 14.8. The van der Waals surface area contributed by atoms with Gasteiger partial charge in [0.1, 0.15) is 11.8 Å². The first-order valence-corrected chi connectivity index (χ1v) is 7.27. The standard InChI is InChI=1S/C15H15BrN2O2/c1-2-18-14(4-3-5-15(18)19)12-7-6-11(10-13(12)16)20-9-8-17/h4,6-7,10H,2-3,5,9H2,1H3. The van der Waals surface area contributed by atoms with Crippen molar-refractivity contribution in [3.63, 3.8) is 0 Å². The predicted octanol–water partition coefficient (Wildman–Crippen LogP) is 3.33. The van der Waals surface area contributed by atoms with Crippen LogP contribution in [0.25, 0.3) is 5.70 Å². The van der Waals surface area contributed by atoms with Crippen molar-refractivity contribution in [2.24, 2.45) is 0 Å². The van der Waals surface area contributed by atoms with Crippen molar-refractivity contribution in [3.05, 3.63) is 34.3 Å². The lowest BCUT2D eigenvalue weighted by Gasteiger charge is -2.28. The first-order valence-electron chi connectivity index (χ1n) is 6.47. The zero-order chi connectivity index (χ0) is 14.5. The van der Waals surface area contributed by atoms with Crippen molar-refractivity contribution >= 4 is 27.5 Å². The van der Waals surface area contributed by atoms with Gasteiger partial charge < -0.3 is 9.64 Å². The van der Waals surface area contributed by atoms with Gasteiger partial charge in [-0.05, 0) is 47.5 Å². The van der Waals surface area contributed by atoms with Gasteiger partial charge in [-0.15, -0.1) is 0 Å². The van der Waals surface area contributed by atoms with Gasteiger partial charge in [-0.1, -0.05) is 6.08 Å². The van der Waals surface area contributed by atoms with Gasteiger partial charge in [0.15, 0.2) is 6.61 Å². The van der Waals surface area contributed by atoms with E-state index in [4.69, 9.17) is 10.00 Å². The van der Waals surface area contributed by atoms with E-state index in [1.165, 1.54) is 0 Å². The van der Waals surface area contributed by atoms with E-state index in [1.54, 1.807) is 4.90 Å². The van der Waals surface area contributed by atoms with Gasteiger partial charge >= 0.3 is 0 Å². The van der Waals surface area contributed by atoms with Crippen LogP contribution in [0.15, 0.2) is 28.7 Å². The Hall–Kier alpha value is -1.80. The number of rotatable bonds is 4. The molecule has 0 saturated carbocycles. The minimum atomic E-state index is 0.0219. The monoisotopic (exact) mass is 334 g/mol. The fourth-order valence-corrected chi connectivity index (χ4v) is 2.78. The molecule has 0 spiro atoms. The minimum absolute atomic E-state index is 0.0219. The fraction of sp³-hybridized carbons (Fsp3) is 0.333. The number of benzene rings is 1. The molecule has 0 radical (unpaired) electrons. The second kappa shape index (κ2) is 6.58. The maximum atomic E-state index is 11.9. The summed E-state index contributed by atoms with van der Waals surface area (Å²) in [6.45, 7) is 2.65. The molecule has 1 aliphatic heterocycles. The lowest BCUT2D eigenvalue weighted by molar-refractivity contribution is -0.128. The summed E-state index contributed by atoms with van der Waals surface area (Å²) in [6.07, 6.45) is 3.42. The molecule has 1 amide bonds. The van der Waals surface area contributed by atoms with E-state index in [2.05, 4.69) is 22.0 Å². The average Bonchev–Trinajstić information content (AvgIpc) is 2.45. The highest BCUT2D eigenvalue weighted by Crippen LogP contribution is 2.33. The van der Waals surface area contributed by atoms with Gasteiger partial charge in [-0.2, -0.15) is 5.26 Å². The van der Waals surface area contributed by atoms with Crippen molar-refractivity contribution in [3.8, 4) is 11.8 Å². The van der Waals surface area contributed by atoms with Crippen molar-refractivity contribution in [2.45, 2.75) is 19.8 Å². The maximum Gasteiger partial charge on any atom is 0.227 e.